The lowest BCUT2D eigenvalue weighted by atomic mass is 10.1. The Kier molecular flexibility index (Phi) is 42.7. The lowest BCUT2D eigenvalue weighted by Crippen LogP contribution is -2.51. The molecule has 53 heteroatoms. The van der Waals surface area contributed by atoms with Gasteiger partial charge in [-0.2, -0.15) is 15.5 Å². The number of aliphatic imine (C=N–C) groups is 2. The quantitative estimate of drug-likeness (QED) is 0.0170. The third-order valence-electron chi connectivity index (χ3n) is 14.8. The van der Waals surface area contributed by atoms with Crippen LogP contribution in [0.5, 0.6) is 0 Å². The highest BCUT2D eigenvalue weighted by molar-refractivity contribution is 8.14. The van der Waals surface area contributed by atoms with Gasteiger partial charge in [0.1, 0.15) is 78.8 Å². The zero-order chi connectivity index (χ0) is 84.4. The Balaban J connectivity index is 0.000000240. The van der Waals surface area contributed by atoms with E-state index in [0.29, 0.717) is 112 Å². The number of ether oxygens (including phenoxy) is 3. The highest BCUT2D eigenvalue weighted by Gasteiger charge is 2.30. The molecule has 5 saturated heterocycles. The number of thioether (sulfide) groups is 2. The molecule has 6 aromatic heterocycles. The molecule has 1 unspecified atom stereocenters. The van der Waals surface area contributed by atoms with Gasteiger partial charge in [0.2, 0.25) is 12.4 Å². The average molecular weight is 1790 g/mol. The summed E-state index contributed by atoms with van der Waals surface area (Å²) in [5.41, 5.74) is 3.57. The van der Waals surface area contributed by atoms with Crippen LogP contribution in [0.1, 0.15) is 45.4 Å². The zero-order valence-electron chi connectivity index (χ0n) is 62.2. The first-order chi connectivity index (χ1) is 54.9. The third kappa shape index (κ3) is 37.3. The van der Waals surface area contributed by atoms with Crippen molar-refractivity contribution in [1.29, 1.82) is 10.5 Å². The molecule has 0 aromatic carbocycles. The van der Waals surface area contributed by atoms with E-state index >= 15 is 0 Å². The number of rotatable bonds is 19. The standard InChI is InChI=1S/C10H12ClN5O3.C10H10ClN3O2S.C9H12ClN5O2.C9H16N4O4.C8H10ClN5O2.C8H7ClN4S2.C8H9ClN4S/c1-14-6-19-7-15(10(14)13-16(17)18)5-8-2-3-9(11)12-4-8;11-9-2-1-8(5-12-9)6-13-3-4-17-10(13)7-14(15)16;1-11-9(13-15(16)17)14(2)6-7-3-4-8(10)12-5-7;1-11-6-17-7-12(9(11)10-13(14)15)4-8-2-3-16-5-8;1-10-8(13-14(15)16)12-5-6-2-3-7(9)11-4-6;9-7-11-3-6(15-7)4-13-1-2-14-8(13)12-5-10;1-6(12-5-10)13(2)4-7-3-11-8(9)14-7/h2-4H,5-7H2,1H3;1-2,5,7H,3-4,6H2;3-5H,6H2,1-2H3,(H,11,13);8H,2-7H2,1H3;2-4H,5H2,1H3,(H2,10,12,13);3H,1-2,4H2;3H,4H2,1-2H3/b13-10+;10-7-;;10-9+;;;. The Morgan fingerprint density at radius 2 is 1.11 bits per heavy atom. The maximum absolute atomic E-state index is 10.5. The second-order valence-corrected chi connectivity index (χ2v) is 30.4. The van der Waals surface area contributed by atoms with Crippen molar-refractivity contribution in [1.82, 2.24) is 85.1 Å². The number of nitro groups is 5. The van der Waals surface area contributed by atoms with E-state index < -0.39 is 25.1 Å². The topological polar surface area (TPSA) is 504 Å². The molecule has 115 heavy (non-hydrogen) atoms. The molecule has 0 radical (unpaired) electrons. The van der Waals surface area contributed by atoms with Gasteiger partial charge in [0.25, 0.3) is 30.0 Å². The number of thiazole rings is 2. The fourth-order valence-corrected chi connectivity index (χ4v) is 14.0. The predicted molar refractivity (Wildman–Crippen MR) is 438 cm³/mol. The number of hydrogen-bond donors (Lipinski definition) is 3. The van der Waals surface area contributed by atoms with Gasteiger partial charge < -0.3 is 69.4 Å². The van der Waals surface area contributed by atoms with E-state index in [1.807, 2.05) is 29.1 Å². The van der Waals surface area contributed by atoms with E-state index in [1.54, 1.807) is 157 Å². The first-order valence-electron chi connectivity index (χ1n) is 33.2. The molecule has 0 aliphatic carbocycles. The van der Waals surface area contributed by atoms with E-state index in [-0.39, 0.29) is 31.3 Å². The number of nitrogens with zero attached hydrogens (tertiary/aromatic N) is 27. The fraction of sp³-hybridized carbons (Fsp3) is 0.419. The van der Waals surface area contributed by atoms with Crippen LogP contribution in [0.2, 0.25) is 29.5 Å². The number of nitrogens with one attached hydrogen (secondary N) is 3. The van der Waals surface area contributed by atoms with Gasteiger partial charge in [-0.15, -0.1) is 39.4 Å². The summed E-state index contributed by atoms with van der Waals surface area (Å²) in [4.78, 5) is 98.8. The lowest BCUT2D eigenvalue weighted by Gasteiger charge is -2.35. The van der Waals surface area contributed by atoms with Gasteiger partial charge in [0.15, 0.2) is 34.2 Å². The van der Waals surface area contributed by atoms with Crippen molar-refractivity contribution in [2.75, 3.05) is 114 Å². The monoisotopic (exact) mass is 1790 g/mol. The van der Waals surface area contributed by atoms with Crippen LogP contribution in [0.15, 0.2) is 127 Å². The first kappa shape index (κ1) is 95.3. The van der Waals surface area contributed by atoms with Crippen LogP contribution in [-0.2, 0) is 53.5 Å². The Hall–Kier alpha value is -10.3. The van der Waals surface area contributed by atoms with Crippen LogP contribution in [0.25, 0.3) is 0 Å². The molecule has 0 amide bonds. The molecule has 0 bridgehead atoms. The van der Waals surface area contributed by atoms with E-state index in [9.17, 15) is 50.6 Å². The molecular weight excluding hydrogens is 1710 g/mol. The van der Waals surface area contributed by atoms with E-state index in [2.05, 4.69) is 81.1 Å². The van der Waals surface area contributed by atoms with Gasteiger partial charge in [0.05, 0.1) is 24.6 Å². The van der Waals surface area contributed by atoms with Crippen LogP contribution in [0.3, 0.4) is 0 Å². The van der Waals surface area contributed by atoms with Crippen molar-refractivity contribution in [3.05, 3.63) is 209 Å². The summed E-state index contributed by atoms with van der Waals surface area (Å²) in [6, 6.07) is 13.9. The Morgan fingerprint density at radius 3 is 1.58 bits per heavy atom. The second kappa shape index (κ2) is 51.5. The van der Waals surface area contributed by atoms with Crippen molar-refractivity contribution >= 4 is 151 Å². The van der Waals surface area contributed by atoms with E-state index in [4.69, 9.17) is 94.3 Å². The minimum Gasteiger partial charge on any atom is -0.381 e. The smallest absolute Gasteiger partial charge is 0.277 e. The summed E-state index contributed by atoms with van der Waals surface area (Å²) in [5, 5.41) is 90.1. The van der Waals surface area contributed by atoms with Crippen molar-refractivity contribution in [3.8, 4) is 12.4 Å². The molecular formula is C62H76Cl6N30O13S4. The zero-order valence-corrected chi connectivity index (χ0v) is 70.0. The van der Waals surface area contributed by atoms with Crippen molar-refractivity contribution in [3.63, 3.8) is 0 Å². The lowest BCUT2D eigenvalue weighted by molar-refractivity contribution is -0.486. The molecule has 11 rings (SSSR count). The maximum Gasteiger partial charge on any atom is 0.277 e. The molecule has 618 valence electrons. The van der Waals surface area contributed by atoms with Crippen LogP contribution < -0.4 is 16.0 Å². The van der Waals surface area contributed by atoms with Crippen molar-refractivity contribution in [2.24, 2.45) is 36.3 Å². The normalized spacial score (nSPS) is 16.6. The molecule has 0 saturated carbocycles. The Bertz CT molecular complexity index is 4410. The fourth-order valence-electron chi connectivity index (χ4n) is 9.60. The van der Waals surface area contributed by atoms with Gasteiger partial charge in [-0.3, -0.25) is 10.1 Å². The third-order valence-corrected chi connectivity index (χ3v) is 20.0. The Labute approximate surface area is 704 Å². The average Bonchev–Trinajstić information content (AvgIpc) is 1.55. The van der Waals surface area contributed by atoms with E-state index in [1.165, 1.54) is 41.5 Å². The summed E-state index contributed by atoms with van der Waals surface area (Å²) in [7, 11) is 10.1. The van der Waals surface area contributed by atoms with Crippen molar-refractivity contribution in [2.45, 2.75) is 52.6 Å². The van der Waals surface area contributed by atoms with Gasteiger partial charge in [0, 0.05) is 159 Å². The predicted octanol–water partition coefficient (Wildman–Crippen LogP) is 8.91. The largest absolute Gasteiger partial charge is 0.381 e. The van der Waals surface area contributed by atoms with Gasteiger partial charge in [-0.05, 0) is 59.9 Å². The minimum atomic E-state index is -0.779. The number of amidine groups is 2. The van der Waals surface area contributed by atoms with Crippen LogP contribution >= 0.6 is 116 Å². The molecule has 43 nitrogen and oxygen atoms in total. The van der Waals surface area contributed by atoms with Crippen LogP contribution in [0.4, 0.5) is 0 Å². The molecule has 11 heterocycles. The first-order valence-corrected chi connectivity index (χ1v) is 39.0. The van der Waals surface area contributed by atoms with Gasteiger partial charge >= 0.3 is 0 Å². The van der Waals surface area contributed by atoms with E-state index in [0.717, 1.165) is 87.5 Å². The summed E-state index contributed by atoms with van der Waals surface area (Å²) >= 11 is 40.1. The number of hydrazone groups is 4. The summed E-state index contributed by atoms with van der Waals surface area (Å²) in [6.45, 7) is 10.1. The summed E-state index contributed by atoms with van der Waals surface area (Å²) < 4.78 is 17.0. The molecule has 5 fully saturated rings. The summed E-state index contributed by atoms with van der Waals surface area (Å²) in [5.74, 6) is 3.79. The minimum absolute atomic E-state index is 0.0833. The molecule has 6 aromatic rings. The highest BCUT2D eigenvalue weighted by Crippen LogP contribution is 2.30. The van der Waals surface area contributed by atoms with Crippen molar-refractivity contribution < 1.29 is 39.3 Å². The number of pyridine rings is 4. The van der Waals surface area contributed by atoms with Crippen LogP contribution in [0, 0.1) is 79.4 Å². The van der Waals surface area contributed by atoms with Crippen LogP contribution in [-0.4, -0.2) is 243 Å². The highest BCUT2D eigenvalue weighted by atomic mass is 35.5. The maximum atomic E-state index is 10.5. The second-order valence-electron chi connectivity index (χ2n) is 23.3. The van der Waals surface area contributed by atoms with Gasteiger partial charge in [-0.1, -0.05) is 106 Å². The Morgan fingerprint density at radius 1 is 0.600 bits per heavy atom. The SMILES string of the molecule is CC(=NC#N)N(C)Cc1cnc(Cl)s1.CN/C(=N\[N+](=O)[O-])N(C)Cc1ccc(Cl)nc1.CN/C(=N\[N+](=O)[O-])NCc1ccc(Cl)nc1.CN1COCN(CC2CCOC2)/C1=N/[N+](=O)[O-].CN1COCN(Cc2ccc(Cl)nc2)/C1=N/[N+](=O)[O-].N#CN=C1SCCN1Cc1cnc(Cl)s1.O=[N+]([O-])/C=C1\SCCN1Cc1ccc(Cl)nc1. The molecule has 3 N–H and O–H groups in total. The number of nitriles is 2. The molecule has 0 spiro atoms. The number of hydrogen-bond acceptors (Lipinski definition) is 28. The van der Waals surface area contributed by atoms with Gasteiger partial charge in [-0.25, -0.2) is 70.4 Å². The molecule has 5 aliphatic rings. The summed E-state index contributed by atoms with van der Waals surface area (Å²) in [6.07, 6.45) is 15.6. The molecule has 5 aliphatic heterocycles. The molecule has 1 atom stereocenters. The number of halogens is 6. The number of aromatic nitrogens is 6. The number of guanidine groups is 4.